The summed E-state index contributed by atoms with van der Waals surface area (Å²) in [5.41, 5.74) is 2.21. The molecule has 3 aromatic rings. The molecule has 1 N–H and O–H groups in total. The first-order chi connectivity index (χ1) is 15.5. The number of carbonyl (C=O) groups is 1. The first-order valence-corrected chi connectivity index (χ1v) is 10.7. The second-order valence-corrected chi connectivity index (χ2v) is 7.67. The molecule has 1 fully saturated rings. The Labute approximate surface area is 190 Å². The van der Waals surface area contributed by atoms with E-state index in [1.807, 2.05) is 43.3 Å². The van der Waals surface area contributed by atoms with Gasteiger partial charge >= 0.3 is 6.03 Å². The molecule has 1 saturated heterocycles. The molecule has 0 unspecified atom stereocenters. The van der Waals surface area contributed by atoms with E-state index in [0.29, 0.717) is 38.5 Å². The molecule has 1 aliphatic rings. The van der Waals surface area contributed by atoms with Crippen LogP contribution in [0.5, 0.6) is 5.75 Å². The van der Waals surface area contributed by atoms with E-state index in [9.17, 15) is 9.18 Å². The van der Waals surface area contributed by atoms with Crippen molar-refractivity contribution in [3.63, 3.8) is 0 Å². The fourth-order valence-electron chi connectivity index (χ4n) is 3.45. The van der Waals surface area contributed by atoms with Crippen molar-refractivity contribution >= 4 is 29.1 Å². The van der Waals surface area contributed by atoms with E-state index in [-0.39, 0.29) is 11.1 Å². The zero-order valence-corrected chi connectivity index (χ0v) is 18.3. The van der Waals surface area contributed by atoms with E-state index in [2.05, 4.69) is 20.4 Å². The minimum atomic E-state index is -0.520. The van der Waals surface area contributed by atoms with Gasteiger partial charge in [0.2, 0.25) is 0 Å². The molecule has 2 amide bonds. The molecule has 0 atom stereocenters. The maximum absolute atomic E-state index is 13.3. The van der Waals surface area contributed by atoms with Gasteiger partial charge in [0.05, 0.1) is 17.3 Å². The zero-order chi connectivity index (χ0) is 22.5. The summed E-state index contributed by atoms with van der Waals surface area (Å²) in [7, 11) is 0. The average Bonchev–Trinajstić information content (AvgIpc) is 2.82. The number of urea groups is 1. The minimum Gasteiger partial charge on any atom is -0.494 e. The molecule has 32 heavy (non-hydrogen) atoms. The maximum atomic E-state index is 13.3. The van der Waals surface area contributed by atoms with Crippen molar-refractivity contribution < 1.29 is 13.9 Å². The Balaban J connectivity index is 1.32. The molecule has 1 aliphatic heterocycles. The van der Waals surface area contributed by atoms with Crippen LogP contribution in [0.15, 0.2) is 54.6 Å². The summed E-state index contributed by atoms with van der Waals surface area (Å²) < 4.78 is 18.8. The van der Waals surface area contributed by atoms with E-state index in [1.54, 1.807) is 4.90 Å². The number of ether oxygens (including phenoxy) is 1. The number of carbonyl (C=O) groups excluding carboxylic acids is 1. The second kappa shape index (κ2) is 9.82. The van der Waals surface area contributed by atoms with Crippen LogP contribution in [0.1, 0.15) is 6.92 Å². The molecule has 0 bridgehead atoms. The van der Waals surface area contributed by atoms with Crippen LogP contribution in [0, 0.1) is 5.82 Å². The normalized spacial score (nSPS) is 13.7. The lowest BCUT2D eigenvalue weighted by Gasteiger charge is -2.35. The highest BCUT2D eigenvalue weighted by molar-refractivity contribution is 6.31. The van der Waals surface area contributed by atoms with Gasteiger partial charge in [-0.05, 0) is 61.5 Å². The molecule has 2 heterocycles. The highest BCUT2D eigenvalue weighted by atomic mass is 35.5. The highest BCUT2D eigenvalue weighted by Crippen LogP contribution is 2.23. The molecule has 0 aliphatic carbocycles. The molecule has 9 heteroatoms. The highest BCUT2D eigenvalue weighted by Gasteiger charge is 2.22. The van der Waals surface area contributed by atoms with Crippen LogP contribution in [0.3, 0.4) is 0 Å². The van der Waals surface area contributed by atoms with E-state index < -0.39 is 5.82 Å². The fourth-order valence-corrected chi connectivity index (χ4v) is 3.63. The number of piperazine rings is 1. The van der Waals surface area contributed by atoms with Gasteiger partial charge in [0, 0.05) is 37.4 Å². The zero-order valence-electron chi connectivity index (χ0n) is 17.6. The van der Waals surface area contributed by atoms with Crippen LogP contribution in [0.25, 0.3) is 11.3 Å². The number of nitrogens with one attached hydrogen (secondary N) is 1. The summed E-state index contributed by atoms with van der Waals surface area (Å²) in [6, 6.07) is 15.5. The molecular weight excluding hydrogens is 433 g/mol. The number of hydrogen-bond acceptors (Lipinski definition) is 5. The Morgan fingerprint density at radius 1 is 1.06 bits per heavy atom. The van der Waals surface area contributed by atoms with Gasteiger partial charge in [-0.2, -0.15) is 0 Å². The van der Waals surface area contributed by atoms with Crippen molar-refractivity contribution in [1.29, 1.82) is 0 Å². The van der Waals surface area contributed by atoms with Gasteiger partial charge in [0.15, 0.2) is 5.82 Å². The number of benzene rings is 2. The van der Waals surface area contributed by atoms with Crippen LogP contribution in [-0.4, -0.2) is 53.9 Å². The summed E-state index contributed by atoms with van der Waals surface area (Å²) in [5, 5.41) is 11.4. The van der Waals surface area contributed by atoms with Crippen molar-refractivity contribution in [3.8, 4) is 17.0 Å². The predicted molar refractivity (Wildman–Crippen MR) is 123 cm³/mol. The number of aromatic nitrogens is 2. The Bertz CT molecular complexity index is 1070. The Morgan fingerprint density at radius 2 is 1.81 bits per heavy atom. The van der Waals surface area contributed by atoms with Crippen LogP contribution < -0.4 is 15.0 Å². The standard InChI is InChI=1S/C23H23ClFN5O2/c1-2-32-18-6-3-16(4-7-18)21-9-10-22(28-27-21)29-11-13-30(14-12-29)23(31)26-17-5-8-20(25)19(24)15-17/h3-10,15H,2,11-14H2,1H3,(H,26,31). The number of hydrogen-bond donors (Lipinski definition) is 1. The van der Waals surface area contributed by atoms with Crippen LogP contribution in [0.2, 0.25) is 5.02 Å². The molecule has 1 aromatic heterocycles. The lowest BCUT2D eigenvalue weighted by molar-refractivity contribution is 0.208. The van der Waals surface area contributed by atoms with E-state index in [1.165, 1.54) is 18.2 Å². The number of nitrogens with zero attached hydrogens (tertiary/aromatic N) is 4. The molecule has 0 saturated carbocycles. The third-order valence-electron chi connectivity index (χ3n) is 5.17. The third-order valence-corrected chi connectivity index (χ3v) is 5.46. The van der Waals surface area contributed by atoms with Gasteiger partial charge in [-0.15, -0.1) is 10.2 Å². The van der Waals surface area contributed by atoms with Gasteiger partial charge in [0.1, 0.15) is 11.6 Å². The Morgan fingerprint density at radius 3 is 2.44 bits per heavy atom. The summed E-state index contributed by atoms with van der Waals surface area (Å²) in [4.78, 5) is 16.3. The number of anilines is 2. The van der Waals surface area contributed by atoms with E-state index in [4.69, 9.17) is 16.3 Å². The van der Waals surface area contributed by atoms with E-state index in [0.717, 1.165) is 22.8 Å². The Hall–Kier alpha value is -3.39. The monoisotopic (exact) mass is 455 g/mol. The van der Waals surface area contributed by atoms with Crippen molar-refractivity contribution in [2.45, 2.75) is 6.92 Å². The van der Waals surface area contributed by atoms with Gasteiger partial charge in [0.25, 0.3) is 0 Å². The van der Waals surface area contributed by atoms with Crippen molar-refractivity contribution in [1.82, 2.24) is 15.1 Å². The number of amides is 2. The van der Waals surface area contributed by atoms with Crippen molar-refractivity contribution in [2.75, 3.05) is 43.0 Å². The van der Waals surface area contributed by atoms with Crippen LogP contribution >= 0.6 is 11.6 Å². The van der Waals surface area contributed by atoms with Gasteiger partial charge < -0.3 is 19.9 Å². The topological polar surface area (TPSA) is 70.6 Å². The molecule has 0 spiro atoms. The number of rotatable bonds is 5. The van der Waals surface area contributed by atoms with E-state index >= 15 is 0 Å². The molecular formula is C23H23ClFN5O2. The predicted octanol–water partition coefficient (Wildman–Crippen LogP) is 4.69. The van der Waals surface area contributed by atoms with Gasteiger partial charge in [-0.1, -0.05) is 11.6 Å². The molecule has 0 radical (unpaired) electrons. The number of halogens is 2. The summed E-state index contributed by atoms with van der Waals surface area (Å²) in [5.74, 6) is 1.07. The lowest BCUT2D eigenvalue weighted by Crippen LogP contribution is -2.50. The maximum Gasteiger partial charge on any atom is 0.321 e. The van der Waals surface area contributed by atoms with Crippen molar-refractivity contribution in [3.05, 3.63) is 65.4 Å². The van der Waals surface area contributed by atoms with Crippen LogP contribution in [-0.2, 0) is 0 Å². The molecule has 166 valence electrons. The quantitative estimate of drug-likeness (QED) is 0.604. The summed E-state index contributed by atoms with van der Waals surface area (Å²) in [6.45, 7) is 4.91. The first kappa shape index (κ1) is 21.8. The fraction of sp³-hybridized carbons (Fsp3) is 0.261. The van der Waals surface area contributed by atoms with Gasteiger partial charge in [-0.25, -0.2) is 9.18 Å². The molecule has 4 rings (SSSR count). The Kier molecular flexibility index (Phi) is 6.70. The average molecular weight is 456 g/mol. The summed E-state index contributed by atoms with van der Waals surface area (Å²) >= 11 is 5.77. The molecule has 7 nitrogen and oxygen atoms in total. The summed E-state index contributed by atoms with van der Waals surface area (Å²) in [6.07, 6.45) is 0. The second-order valence-electron chi connectivity index (χ2n) is 7.27. The SMILES string of the molecule is CCOc1ccc(-c2ccc(N3CCN(C(=O)Nc4ccc(F)c(Cl)c4)CC3)nn2)cc1. The minimum absolute atomic E-state index is 0.0279. The third kappa shape index (κ3) is 5.08. The molecule has 2 aromatic carbocycles. The lowest BCUT2D eigenvalue weighted by atomic mass is 10.1. The first-order valence-electron chi connectivity index (χ1n) is 10.4. The largest absolute Gasteiger partial charge is 0.494 e. The van der Waals surface area contributed by atoms with Crippen molar-refractivity contribution in [2.24, 2.45) is 0 Å². The smallest absolute Gasteiger partial charge is 0.321 e. The van der Waals surface area contributed by atoms with Gasteiger partial charge in [-0.3, -0.25) is 0 Å². The van der Waals surface area contributed by atoms with Crippen LogP contribution in [0.4, 0.5) is 20.7 Å².